The first-order chi connectivity index (χ1) is 16.2. The summed E-state index contributed by atoms with van der Waals surface area (Å²) in [5.41, 5.74) is 4.29. The van der Waals surface area contributed by atoms with Gasteiger partial charge in [0, 0.05) is 36.6 Å². The second-order valence-corrected chi connectivity index (χ2v) is 11.0. The molecule has 1 saturated heterocycles. The molecule has 0 amide bonds. The normalized spacial score (nSPS) is 37.0. The summed E-state index contributed by atoms with van der Waals surface area (Å²) < 4.78 is 12.6. The highest BCUT2D eigenvalue weighted by Crippen LogP contribution is 2.62. The van der Waals surface area contributed by atoms with Crippen LogP contribution in [0.1, 0.15) is 87.3 Å². The Morgan fingerprint density at radius 1 is 1.06 bits per heavy atom. The van der Waals surface area contributed by atoms with Crippen molar-refractivity contribution in [2.24, 2.45) is 11.8 Å². The van der Waals surface area contributed by atoms with Crippen LogP contribution in [0.5, 0.6) is 0 Å². The van der Waals surface area contributed by atoms with Crippen LogP contribution in [0.25, 0.3) is 0 Å². The maximum absolute atomic E-state index is 6.52. The number of nitrogens with zero attached hydrogens (tertiary/aromatic N) is 1. The van der Waals surface area contributed by atoms with Gasteiger partial charge in [-0.2, -0.15) is 0 Å². The van der Waals surface area contributed by atoms with Crippen LogP contribution in [0.2, 0.25) is 0 Å². The van der Waals surface area contributed by atoms with Crippen LogP contribution in [-0.4, -0.2) is 30.3 Å². The lowest BCUT2D eigenvalue weighted by Crippen LogP contribution is -2.48. The van der Waals surface area contributed by atoms with Gasteiger partial charge in [0.25, 0.3) is 0 Å². The molecule has 4 nitrogen and oxygen atoms in total. The fourth-order valence-corrected chi connectivity index (χ4v) is 7.39. The molecule has 2 aromatic rings. The number of fused-ring (bicyclic) bond motifs is 2. The molecule has 5 atom stereocenters. The Morgan fingerprint density at radius 2 is 1.88 bits per heavy atom. The topological polar surface area (TPSA) is 43.4 Å². The van der Waals surface area contributed by atoms with Crippen LogP contribution in [0.4, 0.5) is 0 Å². The van der Waals surface area contributed by atoms with Gasteiger partial charge >= 0.3 is 0 Å². The van der Waals surface area contributed by atoms with Gasteiger partial charge in [0.2, 0.25) is 0 Å². The van der Waals surface area contributed by atoms with E-state index in [0.717, 1.165) is 63.7 Å². The molecule has 1 aromatic heterocycles. The maximum atomic E-state index is 6.52. The van der Waals surface area contributed by atoms with E-state index < -0.39 is 0 Å². The fraction of sp³-hybridized carbons (Fsp3) is 0.621. The summed E-state index contributed by atoms with van der Waals surface area (Å²) >= 11 is 0. The van der Waals surface area contributed by atoms with Crippen LogP contribution in [0.3, 0.4) is 0 Å². The Hall–Kier alpha value is -1.75. The lowest BCUT2D eigenvalue weighted by molar-refractivity contribution is -0.111. The van der Waals surface area contributed by atoms with Gasteiger partial charge in [0.05, 0.1) is 11.7 Å². The highest BCUT2D eigenvalue weighted by Gasteiger charge is 2.58. The first-order valence-electron chi connectivity index (χ1n) is 13.2. The van der Waals surface area contributed by atoms with Gasteiger partial charge in [-0.15, -0.1) is 0 Å². The third-order valence-corrected chi connectivity index (χ3v) is 8.99. The summed E-state index contributed by atoms with van der Waals surface area (Å²) in [6, 6.07) is 15.7. The molecule has 4 aliphatic rings. The molecule has 0 radical (unpaired) electrons. The van der Waals surface area contributed by atoms with Crippen molar-refractivity contribution < 1.29 is 9.47 Å². The minimum absolute atomic E-state index is 0.103. The molecule has 2 saturated carbocycles. The summed E-state index contributed by atoms with van der Waals surface area (Å²) in [6.07, 6.45) is 11.8. The molecule has 6 rings (SSSR count). The molecule has 3 unspecified atom stereocenters. The van der Waals surface area contributed by atoms with Crippen LogP contribution in [-0.2, 0) is 14.9 Å². The second-order valence-electron chi connectivity index (χ2n) is 11.0. The number of pyridine rings is 1. The van der Waals surface area contributed by atoms with Gasteiger partial charge < -0.3 is 14.8 Å². The largest absolute Gasteiger partial charge is 0.375 e. The molecule has 1 aliphatic heterocycles. The second kappa shape index (κ2) is 8.79. The van der Waals surface area contributed by atoms with Crippen LogP contribution >= 0.6 is 0 Å². The lowest BCUT2D eigenvalue weighted by Gasteiger charge is -2.47. The van der Waals surface area contributed by atoms with Crippen molar-refractivity contribution in [2.45, 2.75) is 81.5 Å². The number of benzene rings is 1. The van der Waals surface area contributed by atoms with E-state index in [1.807, 2.05) is 12.3 Å². The van der Waals surface area contributed by atoms with Crippen LogP contribution in [0, 0.1) is 11.8 Å². The highest BCUT2D eigenvalue weighted by molar-refractivity contribution is 5.34. The number of ether oxygens (including phenoxy) is 2. The molecule has 4 heteroatoms. The molecule has 3 fully saturated rings. The zero-order valence-corrected chi connectivity index (χ0v) is 20.0. The third kappa shape index (κ3) is 4.15. The molecular weight excluding hydrogens is 408 g/mol. The van der Waals surface area contributed by atoms with Gasteiger partial charge in [0.1, 0.15) is 0 Å². The first kappa shape index (κ1) is 21.8. The quantitative estimate of drug-likeness (QED) is 0.576. The molecular formula is C29H38N2O2. The average molecular weight is 447 g/mol. The van der Waals surface area contributed by atoms with Crippen molar-refractivity contribution >= 4 is 0 Å². The van der Waals surface area contributed by atoms with Crippen LogP contribution < -0.4 is 5.32 Å². The zero-order chi connectivity index (χ0) is 22.3. The molecule has 1 spiro atoms. The predicted molar refractivity (Wildman–Crippen MR) is 130 cm³/mol. The van der Waals surface area contributed by atoms with E-state index in [2.05, 4.69) is 48.6 Å². The SMILES string of the molecule is CCO[C@@H]1CC[C@@H](NCCC2(c3ccccn3)CCOC3(CC4CC4C3)C2)c2ccccc21. The van der Waals surface area contributed by atoms with Crippen molar-refractivity contribution in [3.05, 3.63) is 65.5 Å². The van der Waals surface area contributed by atoms with Gasteiger partial charge in [-0.1, -0.05) is 30.3 Å². The Balaban J connectivity index is 1.19. The lowest BCUT2D eigenvalue weighted by atomic mass is 9.67. The Kier molecular flexibility index (Phi) is 5.80. The molecule has 2 heterocycles. The van der Waals surface area contributed by atoms with E-state index >= 15 is 0 Å². The molecule has 176 valence electrons. The Labute approximate surface area is 198 Å². The summed E-state index contributed by atoms with van der Waals surface area (Å²) in [5, 5.41) is 3.95. The van der Waals surface area contributed by atoms with Crippen LogP contribution in [0.15, 0.2) is 48.7 Å². The summed E-state index contributed by atoms with van der Waals surface area (Å²) in [6.45, 7) is 4.75. The van der Waals surface area contributed by atoms with Crippen molar-refractivity contribution in [3.63, 3.8) is 0 Å². The fourth-order valence-electron chi connectivity index (χ4n) is 7.39. The van der Waals surface area contributed by atoms with Crippen molar-refractivity contribution in [1.29, 1.82) is 0 Å². The van der Waals surface area contributed by atoms with E-state index in [4.69, 9.17) is 14.5 Å². The molecule has 33 heavy (non-hydrogen) atoms. The number of rotatable bonds is 7. The van der Waals surface area contributed by atoms with E-state index in [-0.39, 0.29) is 17.1 Å². The van der Waals surface area contributed by atoms with Crippen molar-refractivity contribution in [3.8, 4) is 0 Å². The van der Waals surface area contributed by atoms with E-state index in [9.17, 15) is 0 Å². The molecule has 1 N–H and O–H groups in total. The number of nitrogens with one attached hydrogen (secondary N) is 1. The Morgan fingerprint density at radius 3 is 2.67 bits per heavy atom. The zero-order valence-electron chi connectivity index (χ0n) is 20.0. The monoisotopic (exact) mass is 446 g/mol. The summed E-state index contributed by atoms with van der Waals surface area (Å²) in [5.74, 6) is 1.86. The summed E-state index contributed by atoms with van der Waals surface area (Å²) in [7, 11) is 0. The van der Waals surface area contributed by atoms with Gasteiger partial charge in [-0.3, -0.25) is 4.98 Å². The third-order valence-electron chi connectivity index (χ3n) is 8.99. The molecule has 1 aromatic carbocycles. The predicted octanol–water partition coefficient (Wildman–Crippen LogP) is 5.89. The maximum Gasteiger partial charge on any atom is 0.0828 e. The molecule has 0 bridgehead atoms. The number of aromatic nitrogens is 1. The number of hydrogen-bond acceptors (Lipinski definition) is 4. The highest BCUT2D eigenvalue weighted by atomic mass is 16.5. The summed E-state index contributed by atoms with van der Waals surface area (Å²) in [4.78, 5) is 4.89. The van der Waals surface area contributed by atoms with Crippen molar-refractivity contribution in [1.82, 2.24) is 10.3 Å². The average Bonchev–Trinajstić information content (AvgIpc) is 3.47. The van der Waals surface area contributed by atoms with Gasteiger partial charge in [-0.25, -0.2) is 0 Å². The first-order valence-corrected chi connectivity index (χ1v) is 13.2. The Bertz CT molecular complexity index is 953. The number of hydrogen-bond donors (Lipinski definition) is 1. The van der Waals surface area contributed by atoms with E-state index in [1.165, 1.54) is 36.1 Å². The van der Waals surface area contributed by atoms with Gasteiger partial charge in [0.15, 0.2) is 0 Å². The standard InChI is InChI=1S/C29H38N2O2/c1-2-32-26-11-10-25(23-7-3-4-8-24(23)26)30-15-12-28(27-9-5-6-14-31-27)13-16-33-29(20-28)18-21-17-22(21)19-29/h3-9,14,21-22,25-26,30H,2,10-13,15-20H2,1H3/t21?,22?,25-,26-,28?,29?/m1/s1. The molecule has 3 aliphatic carbocycles. The smallest absolute Gasteiger partial charge is 0.0828 e. The minimum Gasteiger partial charge on any atom is -0.375 e. The van der Waals surface area contributed by atoms with E-state index in [0.29, 0.717) is 6.04 Å². The minimum atomic E-state index is 0.103. The van der Waals surface area contributed by atoms with Gasteiger partial charge in [-0.05, 0) is 99.9 Å². The van der Waals surface area contributed by atoms with E-state index in [1.54, 1.807) is 0 Å². The van der Waals surface area contributed by atoms with Crippen molar-refractivity contribution in [2.75, 3.05) is 19.8 Å².